The largest absolute Gasteiger partial charge is 0.457 e. The maximum absolute atomic E-state index is 13.2. The first kappa shape index (κ1) is 22.0. The molecule has 0 spiro atoms. The second-order valence-electron chi connectivity index (χ2n) is 9.04. The van der Waals surface area contributed by atoms with Crippen LogP contribution in [0.4, 0.5) is 0 Å². The van der Waals surface area contributed by atoms with Crippen LogP contribution in [0, 0.1) is 0 Å². The van der Waals surface area contributed by atoms with Gasteiger partial charge in [-0.15, -0.1) is 0 Å². The van der Waals surface area contributed by atoms with Crippen molar-refractivity contribution >= 4 is 22.8 Å². The second-order valence-corrected chi connectivity index (χ2v) is 9.04. The number of benzene rings is 2. The summed E-state index contributed by atoms with van der Waals surface area (Å²) in [5.74, 6) is -1.09. The predicted molar refractivity (Wildman–Crippen MR) is 122 cm³/mol. The summed E-state index contributed by atoms with van der Waals surface area (Å²) < 4.78 is 10.7. The Balaban J connectivity index is 1.62. The van der Waals surface area contributed by atoms with E-state index in [2.05, 4.69) is 17.0 Å². The Bertz CT molecular complexity index is 1140. The predicted octanol–water partition coefficient (Wildman–Crippen LogP) is 4.29. The molecule has 0 unspecified atom stereocenters. The normalized spacial score (nSPS) is 14.1. The number of aromatic nitrogens is 1. The van der Waals surface area contributed by atoms with E-state index < -0.39 is 24.1 Å². The van der Waals surface area contributed by atoms with Crippen LogP contribution in [-0.4, -0.2) is 40.6 Å². The minimum absolute atomic E-state index is 0.421. The van der Waals surface area contributed by atoms with Crippen LogP contribution in [0.5, 0.6) is 0 Å². The van der Waals surface area contributed by atoms with E-state index in [0.29, 0.717) is 12.1 Å². The molecule has 0 saturated carbocycles. The third-order valence-electron chi connectivity index (χ3n) is 5.32. The van der Waals surface area contributed by atoms with Crippen molar-refractivity contribution in [1.29, 1.82) is 0 Å². The first-order valence-electron chi connectivity index (χ1n) is 10.9. The fraction of sp³-hybridized carbons (Fsp3) is 0.346. The van der Waals surface area contributed by atoms with E-state index in [1.165, 1.54) is 5.56 Å². The van der Waals surface area contributed by atoms with Gasteiger partial charge in [0.15, 0.2) is 6.61 Å². The molecule has 2 aromatic carbocycles. The third-order valence-corrected chi connectivity index (χ3v) is 5.32. The minimum atomic E-state index is -0.635. The van der Waals surface area contributed by atoms with E-state index in [4.69, 9.17) is 14.5 Å². The highest BCUT2D eigenvalue weighted by atomic mass is 16.6. The fourth-order valence-corrected chi connectivity index (χ4v) is 4.02. The maximum Gasteiger partial charge on any atom is 0.344 e. The van der Waals surface area contributed by atoms with Crippen molar-refractivity contribution in [2.75, 3.05) is 13.2 Å². The van der Waals surface area contributed by atoms with Gasteiger partial charge in [0.2, 0.25) is 0 Å². The first-order valence-corrected chi connectivity index (χ1v) is 10.9. The van der Waals surface area contributed by atoms with Crippen molar-refractivity contribution in [3.05, 3.63) is 77.0 Å². The van der Waals surface area contributed by atoms with Gasteiger partial charge in [0.1, 0.15) is 5.60 Å². The summed E-state index contributed by atoms with van der Waals surface area (Å²) in [5.41, 5.74) is 3.62. The molecule has 3 aromatic rings. The molecular weight excluding hydrogens is 404 g/mol. The van der Waals surface area contributed by atoms with Crippen LogP contribution in [0.25, 0.3) is 10.9 Å². The number of nitrogens with zero attached hydrogens (tertiary/aromatic N) is 2. The van der Waals surface area contributed by atoms with Gasteiger partial charge in [0.25, 0.3) is 0 Å². The molecule has 6 nitrogen and oxygen atoms in total. The molecule has 1 aliphatic rings. The molecule has 0 saturated heterocycles. The summed E-state index contributed by atoms with van der Waals surface area (Å²) in [5, 5.41) is 0.738. The molecule has 0 aliphatic carbocycles. The lowest BCUT2D eigenvalue weighted by atomic mass is 9.95. The van der Waals surface area contributed by atoms with Crippen molar-refractivity contribution in [2.24, 2.45) is 0 Å². The zero-order valence-corrected chi connectivity index (χ0v) is 18.8. The van der Waals surface area contributed by atoms with Gasteiger partial charge in [-0.3, -0.25) is 9.88 Å². The van der Waals surface area contributed by atoms with Crippen LogP contribution >= 0.6 is 0 Å². The second kappa shape index (κ2) is 9.09. The molecule has 0 N–H and O–H groups in total. The zero-order valence-electron chi connectivity index (χ0n) is 18.8. The number of esters is 2. The van der Waals surface area contributed by atoms with Gasteiger partial charge in [-0.1, -0.05) is 48.5 Å². The highest BCUT2D eigenvalue weighted by Crippen LogP contribution is 2.29. The SMILES string of the molecule is CC(C)(C)OC(=O)COC(=O)c1c2c(nc3ccccc13)CCN(Cc1ccccc1)C2. The Morgan fingerprint density at radius 3 is 2.50 bits per heavy atom. The lowest BCUT2D eigenvalue weighted by molar-refractivity contribution is -0.158. The number of hydrogen-bond donors (Lipinski definition) is 0. The summed E-state index contributed by atoms with van der Waals surface area (Å²) in [6.45, 7) is 7.16. The van der Waals surface area contributed by atoms with Gasteiger partial charge in [-0.05, 0) is 32.4 Å². The zero-order chi connectivity index (χ0) is 22.7. The molecule has 4 rings (SSSR count). The van der Waals surface area contributed by atoms with Crippen LogP contribution in [-0.2, 0) is 33.8 Å². The lowest BCUT2D eigenvalue weighted by Crippen LogP contribution is -2.33. The van der Waals surface area contributed by atoms with Gasteiger partial charge in [-0.2, -0.15) is 0 Å². The van der Waals surface area contributed by atoms with Crippen molar-refractivity contribution in [2.45, 2.75) is 45.9 Å². The van der Waals surface area contributed by atoms with Crippen molar-refractivity contribution in [1.82, 2.24) is 9.88 Å². The number of carbonyl (C=O) groups excluding carboxylic acids is 2. The highest BCUT2D eigenvalue weighted by molar-refractivity contribution is 6.05. The van der Waals surface area contributed by atoms with Crippen LogP contribution < -0.4 is 0 Å². The third kappa shape index (κ3) is 5.14. The summed E-state index contributed by atoms with van der Waals surface area (Å²) >= 11 is 0. The average Bonchev–Trinajstić information content (AvgIpc) is 2.75. The first-order chi connectivity index (χ1) is 15.3. The number of ether oxygens (including phenoxy) is 2. The standard InChI is InChI=1S/C26H28N2O4/c1-26(2,3)32-23(29)17-31-25(30)24-19-11-7-8-12-21(19)27-22-13-14-28(16-20(22)24)15-18-9-5-4-6-10-18/h4-12H,13-17H2,1-3H3. The lowest BCUT2D eigenvalue weighted by Gasteiger charge is -2.30. The molecule has 0 radical (unpaired) electrons. The van der Waals surface area contributed by atoms with Crippen molar-refractivity contribution in [3.8, 4) is 0 Å². The molecule has 1 aromatic heterocycles. The molecule has 0 amide bonds. The number of rotatable bonds is 5. The number of pyridine rings is 1. The summed E-state index contributed by atoms with van der Waals surface area (Å²) in [6, 6.07) is 17.8. The van der Waals surface area contributed by atoms with Crippen LogP contribution in [0.3, 0.4) is 0 Å². The highest BCUT2D eigenvalue weighted by Gasteiger charge is 2.27. The molecule has 32 heavy (non-hydrogen) atoms. The van der Waals surface area contributed by atoms with Gasteiger partial charge in [-0.25, -0.2) is 9.59 Å². The minimum Gasteiger partial charge on any atom is -0.457 e. The van der Waals surface area contributed by atoms with Gasteiger partial charge >= 0.3 is 11.9 Å². The molecule has 2 heterocycles. The number of hydrogen-bond acceptors (Lipinski definition) is 6. The van der Waals surface area contributed by atoms with Gasteiger partial charge in [0, 0.05) is 42.7 Å². The Kier molecular flexibility index (Phi) is 6.24. The number of para-hydroxylation sites is 1. The van der Waals surface area contributed by atoms with E-state index in [1.54, 1.807) is 20.8 Å². The summed E-state index contributed by atoms with van der Waals surface area (Å²) in [7, 11) is 0. The van der Waals surface area contributed by atoms with E-state index in [0.717, 1.165) is 41.7 Å². The number of carbonyl (C=O) groups is 2. The molecular formula is C26H28N2O4. The molecule has 0 bridgehead atoms. The van der Waals surface area contributed by atoms with Crippen LogP contribution in [0.1, 0.15) is 48.0 Å². The van der Waals surface area contributed by atoms with E-state index in [9.17, 15) is 9.59 Å². The monoisotopic (exact) mass is 432 g/mol. The molecule has 0 fully saturated rings. The smallest absolute Gasteiger partial charge is 0.344 e. The van der Waals surface area contributed by atoms with Crippen LogP contribution in [0.15, 0.2) is 54.6 Å². The van der Waals surface area contributed by atoms with Gasteiger partial charge < -0.3 is 9.47 Å². The Morgan fingerprint density at radius 1 is 1.03 bits per heavy atom. The van der Waals surface area contributed by atoms with Crippen molar-refractivity contribution in [3.63, 3.8) is 0 Å². The van der Waals surface area contributed by atoms with E-state index in [-0.39, 0.29) is 0 Å². The maximum atomic E-state index is 13.2. The Hall–Kier alpha value is -3.25. The fourth-order valence-electron chi connectivity index (χ4n) is 4.02. The summed E-state index contributed by atoms with van der Waals surface area (Å²) in [4.78, 5) is 32.4. The quantitative estimate of drug-likeness (QED) is 0.560. The van der Waals surface area contributed by atoms with Crippen molar-refractivity contribution < 1.29 is 19.1 Å². The van der Waals surface area contributed by atoms with E-state index in [1.807, 2.05) is 42.5 Å². The topological polar surface area (TPSA) is 68.7 Å². The van der Waals surface area contributed by atoms with Gasteiger partial charge in [0.05, 0.1) is 11.1 Å². The van der Waals surface area contributed by atoms with E-state index >= 15 is 0 Å². The molecule has 0 atom stereocenters. The average molecular weight is 433 g/mol. The number of fused-ring (bicyclic) bond motifs is 2. The summed E-state index contributed by atoms with van der Waals surface area (Å²) in [6.07, 6.45) is 0.749. The molecule has 6 heteroatoms. The van der Waals surface area contributed by atoms with Crippen LogP contribution in [0.2, 0.25) is 0 Å². The molecule has 1 aliphatic heterocycles. The Morgan fingerprint density at radius 2 is 1.75 bits per heavy atom. The Labute approximate surface area is 188 Å². The molecule has 166 valence electrons.